The predicted octanol–water partition coefficient (Wildman–Crippen LogP) is 26.6. The number of nitrogens with one attached hydrogen (secondary N) is 1. The number of nitriles is 4. The number of aromatic amines is 1. The van der Waals surface area contributed by atoms with Crippen LogP contribution in [0.2, 0.25) is 0 Å². The first-order valence-electron chi connectivity index (χ1n) is 49.7. The zero-order valence-electron chi connectivity index (χ0n) is 82.9. The molecule has 0 spiro atoms. The second kappa shape index (κ2) is 57.2. The van der Waals surface area contributed by atoms with E-state index in [4.69, 9.17) is 73.5 Å². The van der Waals surface area contributed by atoms with E-state index < -0.39 is 5.97 Å². The summed E-state index contributed by atoms with van der Waals surface area (Å²) >= 11 is 0. The third kappa shape index (κ3) is 34.4. The molecule has 19 aromatic rings. The predicted molar refractivity (Wildman–Crippen MR) is 575 cm³/mol. The Hall–Kier alpha value is -18.4. The van der Waals surface area contributed by atoms with E-state index in [2.05, 4.69) is 129 Å². The Morgan fingerprint density at radius 1 is 0.329 bits per heavy atom. The largest absolute Gasteiger partial charge is 0.493 e. The summed E-state index contributed by atoms with van der Waals surface area (Å²) in [5, 5.41) is 63.8. The zero-order valence-corrected chi connectivity index (χ0v) is 82.9. The van der Waals surface area contributed by atoms with E-state index in [0.29, 0.717) is 127 Å². The molecule has 26 nitrogen and oxygen atoms in total. The van der Waals surface area contributed by atoms with Crippen LogP contribution in [0.1, 0.15) is 140 Å². The van der Waals surface area contributed by atoms with Crippen LogP contribution in [-0.4, -0.2) is 88.0 Å². The SMILES string of the molecule is Cc1cc(OCCCC#N)cc(OCc2ccc3ccccc3n2)c1.N#CCCCCOc1cccc(OCc2ccc3ccccc3n2)c1.N#CCCCOc1cccc(OCc2ccc3ccccc3n2)c1.N#CCc1ccc(OCc2ccc3ccccc3n2)cc1.O=C(O)CC1CCC(c2ccc(OCc3ccc4ccccc4n3)cc2)C1.c1ccc(OCc2ccc3ccccc3n2)c(OCCCc2nn[nH]n2)c1. The van der Waals surface area contributed by atoms with Crippen LogP contribution in [-0.2, 0) is 57.3 Å². The Morgan fingerprint density at radius 2 is 0.671 bits per heavy atom. The number of carboxylic acid groups (broad SMARTS) is 1. The van der Waals surface area contributed by atoms with E-state index in [9.17, 15) is 4.79 Å². The van der Waals surface area contributed by atoms with Gasteiger partial charge in [0.2, 0.25) is 0 Å². The zero-order chi connectivity index (χ0) is 103. The average Bonchev–Trinajstić information content (AvgIpc) is 1.84. The number of aryl methyl sites for hydroxylation is 2. The number of carboxylic acids is 1. The van der Waals surface area contributed by atoms with Gasteiger partial charge in [-0.1, -0.05) is 199 Å². The normalized spacial score (nSPS) is 12.0. The van der Waals surface area contributed by atoms with Crippen LogP contribution in [0.25, 0.3) is 65.4 Å². The van der Waals surface area contributed by atoms with E-state index in [-0.39, 0.29) is 6.42 Å². The van der Waals surface area contributed by atoms with Crippen LogP contribution < -0.4 is 47.4 Å². The number of nitrogens with zero attached hydrogens (tertiary/aromatic N) is 13. The quantitative estimate of drug-likeness (QED) is 0.0337. The van der Waals surface area contributed by atoms with Crippen molar-refractivity contribution in [3.8, 4) is 81.8 Å². The fourth-order valence-corrected chi connectivity index (χ4v) is 16.3. The fourth-order valence-electron chi connectivity index (χ4n) is 16.3. The van der Waals surface area contributed by atoms with Gasteiger partial charge in [0.15, 0.2) is 17.3 Å². The summed E-state index contributed by atoms with van der Waals surface area (Å²) in [4.78, 5) is 38.5. The highest BCUT2D eigenvalue weighted by Crippen LogP contribution is 2.41. The molecule has 1 aliphatic carbocycles. The molecule has 12 aromatic carbocycles. The van der Waals surface area contributed by atoms with Crippen molar-refractivity contribution < 1.29 is 57.3 Å². The van der Waals surface area contributed by atoms with Crippen molar-refractivity contribution in [2.75, 3.05) is 26.4 Å². The van der Waals surface area contributed by atoms with Crippen molar-refractivity contribution in [3.63, 3.8) is 0 Å². The van der Waals surface area contributed by atoms with Gasteiger partial charge in [0, 0.05) is 82.6 Å². The lowest BCUT2D eigenvalue weighted by Gasteiger charge is -2.12. The maximum Gasteiger partial charge on any atom is 0.303 e. The molecule has 7 heterocycles. The number of H-pyrrole nitrogens is 1. The molecule has 2 unspecified atom stereocenters. The lowest BCUT2D eigenvalue weighted by Crippen LogP contribution is -2.04. The van der Waals surface area contributed by atoms with Crippen molar-refractivity contribution in [2.24, 2.45) is 5.92 Å². The van der Waals surface area contributed by atoms with Crippen molar-refractivity contribution in [1.82, 2.24) is 50.5 Å². The van der Waals surface area contributed by atoms with Gasteiger partial charge >= 0.3 is 5.97 Å². The standard InChI is InChI=1S/C23H23NO3.2C21H20N2O2.C20H19N5O2.C20H18N2O2.C18H14N2O/c25-23(26)14-16-5-6-19(13-16)17-8-11-21(12-9-17)27-15-20-10-7-18-3-1-2-4-22(18)24-20;1-16-12-19(24-11-5-4-10-22)14-20(13-16)25-15-18-9-8-17-6-2-3-7-21(17)23-18;22-13-4-1-5-14-24-19-8-6-9-20(15-19)25-16-18-12-11-17-7-2-3-10-21(17)23-18;1-2-7-17-15(6-1)11-12-16(21-17)14-27-19-9-4-3-8-18(19)26-13-5-10-20-22-24-25-23-20;21-12-3-4-13-23-18-7-5-8-19(14-18)24-15-17-11-10-16-6-1-2-9-20(16)22-17;19-12-11-14-5-9-17(10-6-14)21-13-16-8-7-15-3-1-2-4-18(15)20-16/h1-4,7-12,16,19H,5-6,13-15H2,(H,25,26);2-3,6-9,12-14H,4-5,11,15H2,1H3;2-3,6-12,15H,1,4-5,14,16H2;1-4,6-9,11-12H,5,10,13-14H2,(H,22,23,24,25);1-2,5-11,14H,3-4,13,15H2;1-10H,11,13H2. The lowest BCUT2D eigenvalue weighted by atomic mass is 9.95. The van der Waals surface area contributed by atoms with Gasteiger partial charge in [-0.2, -0.15) is 26.3 Å². The minimum absolute atomic E-state index is 0.288. The Bertz CT molecular complexity index is 7690. The Morgan fingerprint density at radius 3 is 1.07 bits per heavy atom. The number of para-hydroxylation sites is 8. The number of rotatable bonds is 40. The highest BCUT2D eigenvalue weighted by atomic mass is 16.5. The molecule has 0 aliphatic heterocycles. The molecular weight excluding hydrogens is 1870 g/mol. The number of ether oxygens (including phenoxy) is 10. The van der Waals surface area contributed by atoms with Crippen molar-refractivity contribution in [1.29, 1.82) is 21.0 Å². The van der Waals surface area contributed by atoms with Gasteiger partial charge in [-0.3, -0.25) is 4.79 Å². The van der Waals surface area contributed by atoms with Gasteiger partial charge in [0.05, 0.1) is 124 Å². The van der Waals surface area contributed by atoms with Crippen molar-refractivity contribution in [3.05, 3.63) is 415 Å². The van der Waals surface area contributed by atoms with Gasteiger partial charge in [-0.25, -0.2) is 29.9 Å². The Labute approximate surface area is 866 Å². The molecule has 0 bridgehead atoms. The second-order valence-corrected chi connectivity index (χ2v) is 35.1. The summed E-state index contributed by atoms with van der Waals surface area (Å²) in [6.45, 7) is 6.70. The third-order valence-electron chi connectivity index (χ3n) is 23.8. The van der Waals surface area contributed by atoms with Gasteiger partial charge < -0.3 is 52.5 Å². The van der Waals surface area contributed by atoms with Crippen molar-refractivity contribution in [2.45, 2.75) is 142 Å². The van der Waals surface area contributed by atoms with Gasteiger partial charge in [-0.05, 0) is 232 Å². The fraction of sp³-hybridized carbons (Fsp3) is 0.220. The number of tetrazole rings is 1. The maximum atomic E-state index is 10.9. The van der Waals surface area contributed by atoms with Crippen LogP contribution in [0, 0.1) is 58.2 Å². The van der Waals surface area contributed by atoms with E-state index in [0.717, 1.165) is 208 Å². The number of fused-ring (bicyclic) bond motifs is 6. The highest BCUT2D eigenvalue weighted by molar-refractivity contribution is 5.82. The Kier molecular flexibility index (Phi) is 40.3. The number of aliphatic carboxylic acids is 1. The minimum atomic E-state index is -0.688. The number of hydrogen-bond donors (Lipinski definition) is 2. The molecule has 149 heavy (non-hydrogen) atoms. The molecule has 1 fully saturated rings. The summed E-state index contributed by atoms with van der Waals surface area (Å²) in [5.74, 6) is 8.33. The highest BCUT2D eigenvalue weighted by Gasteiger charge is 2.28. The summed E-state index contributed by atoms with van der Waals surface area (Å²) in [5.41, 5.74) is 14.5. The molecule has 7 aromatic heterocycles. The number of unbranched alkanes of at least 4 members (excludes halogenated alkanes) is 4. The molecule has 26 heteroatoms. The average molecular weight is 1980 g/mol. The Balaban J connectivity index is 0.000000134. The van der Waals surface area contributed by atoms with E-state index in [1.165, 1.54) is 5.56 Å². The van der Waals surface area contributed by atoms with E-state index in [1.54, 1.807) is 0 Å². The van der Waals surface area contributed by atoms with Crippen LogP contribution >= 0.6 is 0 Å². The number of carbonyl (C=O) groups is 1. The topological polar surface area (TPSA) is 357 Å². The molecule has 0 amide bonds. The van der Waals surface area contributed by atoms with Crippen LogP contribution in [0.4, 0.5) is 0 Å². The summed E-state index contributed by atoms with van der Waals surface area (Å²) < 4.78 is 58.0. The third-order valence-corrected chi connectivity index (χ3v) is 23.8. The number of benzene rings is 12. The summed E-state index contributed by atoms with van der Waals surface area (Å²) in [6, 6.07) is 125. The van der Waals surface area contributed by atoms with Gasteiger partial charge in [-0.15, -0.1) is 10.2 Å². The van der Waals surface area contributed by atoms with Gasteiger partial charge in [0.25, 0.3) is 0 Å². The second-order valence-electron chi connectivity index (χ2n) is 35.1. The maximum absolute atomic E-state index is 10.9. The van der Waals surface area contributed by atoms with Crippen LogP contribution in [0.15, 0.2) is 358 Å². The molecular formula is C123H114N14O12. The summed E-state index contributed by atoms with van der Waals surface area (Å²) in [6.07, 6.45) is 10.0. The molecule has 1 aliphatic rings. The molecule has 0 saturated heterocycles. The first kappa shape index (κ1) is 105. The lowest BCUT2D eigenvalue weighted by molar-refractivity contribution is -0.138. The first-order chi connectivity index (χ1) is 73.3. The molecule has 20 rings (SSSR count). The molecule has 1 saturated carbocycles. The molecule has 0 radical (unpaired) electrons. The summed E-state index contributed by atoms with van der Waals surface area (Å²) in [7, 11) is 0. The smallest absolute Gasteiger partial charge is 0.303 e. The van der Waals surface area contributed by atoms with Crippen LogP contribution in [0.5, 0.6) is 57.5 Å². The monoisotopic (exact) mass is 1980 g/mol. The first-order valence-corrected chi connectivity index (χ1v) is 49.7. The molecule has 2 N–H and O–H groups in total. The number of aromatic nitrogens is 10. The minimum Gasteiger partial charge on any atom is -0.493 e. The number of pyridine rings is 6. The number of hydrogen-bond acceptors (Lipinski definition) is 24. The van der Waals surface area contributed by atoms with E-state index >= 15 is 0 Å². The molecule has 748 valence electrons. The van der Waals surface area contributed by atoms with Crippen LogP contribution in [0.3, 0.4) is 0 Å². The van der Waals surface area contributed by atoms with Crippen molar-refractivity contribution >= 4 is 71.4 Å². The molecule has 2 atom stereocenters. The van der Waals surface area contributed by atoms with E-state index in [1.807, 2.05) is 310 Å². The van der Waals surface area contributed by atoms with Gasteiger partial charge in [0.1, 0.15) is 85.6 Å².